The van der Waals surface area contributed by atoms with E-state index in [2.05, 4.69) is 16.8 Å². The van der Waals surface area contributed by atoms with Crippen molar-refractivity contribution in [2.24, 2.45) is 0 Å². The van der Waals surface area contributed by atoms with Crippen LogP contribution in [0.3, 0.4) is 0 Å². The highest BCUT2D eigenvalue weighted by molar-refractivity contribution is 8.00. The van der Waals surface area contributed by atoms with Crippen LogP contribution in [0, 0.1) is 6.92 Å². The molecule has 5 nitrogen and oxygen atoms in total. The molecule has 3 aromatic rings. The lowest BCUT2D eigenvalue weighted by Gasteiger charge is -2.28. The third-order valence-corrected chi connectivity index (χ3v) is 7.79. The zero-order valence-corrected chi connectivity index (χ0v) is 20.0. The molecule has 7 heteroatoms. The molecule has 0 radical (unpaired) electrons. The fourth-order valence-corrected chi connectivity index (χ4v) is 5.50. The second-order valence-electron chi connectivity index (χ2n) is 7.75. The summed E-state index contributed by atoms with van der Waals surface area (Å²) in [7, 11) is 1.63. The van der Waals surface area contributed by atoms with Crippen molar-refractivity contribution in [1.82, 2.24) is 4.90 Å². The normalized spacial score (nSPS) is 13.9. The van der Waals surface area contributed by atoms with Crippen LogP contribution in [0.4, 0.5) is 5.69 Å². The maximum absolute atomic E-state index is 13.2. The number of ether oxygens (including phenoxy) is 1. The Balaban J connectivity index is 1.43. The van der Waals surface area contributed by atoms with Crippen molar-refractivity contribution in [1.29, 1.82) is 0 Å². The van der Waals surface area contributed by atoms with Crippen molar-refractivity contribution in [2.75, 3.05) is 19.0 Å². The molecule has 2 aromatic carbocycles. The molecule has 0 aliphatic carbocycles. The Hall–Kier alpha value is -2.77. The summed E-state index contributed by atoms with van der Waals surface area (Å²) in [5.74, 6) is 0.697. The molecule has 0 spiro atoms. The van der Waals surface area contributed by atoms with Gasteiger partial charge >= 0.3 is 0 Å². The minimum absolute atomic E-state index is 0.0103. The van der Waals surface area contributed by atoms with Crippen molar-refractivity contribution >= 4 is 40.6 Å². The summed E-state index contributed by atoms with van der Waals surface area (Å²) in [5.41, 5.74) is 3.35. The number of hydrogen-bond acceptors (Lipinski definition) is 5. The van der Waals surface area contributed by atoms with Gasteiger partial charge in [-0.05, 0) is 79.2 Å². The van der Waals surface area contributed by atoms with Gasteiger partial charge in [-0.1, -0.05) is 6.07 Å². The van der Waals surface area contributed by atoms with Gasteiger partial charge < -0.3 is 15.0 Å². The molecule has 0 bridgehead atoms. The van der Waals surface area contributed by atoms with E-state index < -0.39 is 0 Å². The molecule has 0 fully saturated rings. The third kappa shape index (κ3) is 4.84. The summed E-state index contributed by atoms with van der Waals surface area (Å²) >= 11 is 3.24. The topological polar surface area (TPSA) is 58.6 Å². The number of carbonyl (C=O) groups excluding carboxylic acids is 2. The smallest absolute Gasteiger partial charge is 0.254 e. The summed E-state index contributed by atoms with van der Waals surface area (Å²) in [6, 6.07) is 15.3. The van der Waals surface area contributed by atoms with Gasteiger partial charge in [-0.2, -0.15) is 0 Å². The van der Waals surface area contributed by atoms with Gasteiger partial charge in [0.15, 0.2) is 0 Å². The standard InChI is InChI=1S/C25H26N2O3S2/c1-16-21(25(29)27-13-11-23-18(15-27)12-14-31-23)5-4-6-22(16)26-24(28)17(2)32-20-9-7-19(30-3)8-10-20/h4-10,12,14,17H,11,13,15H2,1-3H3,(H,26,28). The van der Waals surface area contributed by atoms with E-state index >= 15 is 0 Å². The van der Waals surface area contributed by atoms with Crippen molar-refractivity contribution in [3.8, 4) is 5.75 Å². The van der Waals surface area contributed by atoms with Gasteiger partial charge in [0.1, 0.15) is 5.75 Å². The third-order valence-electron chi connectivity index (χ3n) is 5.66. The molecule has 1 aliphatic heterocycles. The van der Waals surface area contributed by atoms with Crippen LogP contribution in [0.5, 0.6) is 5.75 Å². The Labute approximate surface area is 196 Å². The lowest BCUT2D eigenvalue weighted by atomic mass is 10.0. The molecular weight excluding hydrogens is 440 g/mol. The van der Waals surface area contributed by atoms with Crippen LogP contribution in [0.1, 0.15) is 33.3 Å². The highest BCUT2D eigenvalue weighted by Crippen LogP contribution is 2.29. The minimum atomic E-state index is -0.291. The lowest BCUT2D eigenvalue weighted by molar-refractivity contribution is -0.115. The first kappa shape index (κ1) is 22.4. The number of amides is 2. The van der Waals surface area contributed by atoms with Gasteiger partial charge in [-0.3, -0.25) is 9.59 Å². The zero-order chi connectivity index (χ0) is 22.7. The monoisotopic (exact) mass is 466 g/mol. The molecule has 166 valence electrons. The summed E-state index contributed by atoms with van der Waals surface area (Å²) in [6.07, 6.45) is 0.897. The van der Waals surface area contributed by atoms with Crippen molar-refractivity contribution < 1.29 is 14.3 Å². The van der Waals surface area contributed by atoms with Crippen LogP contribution in [-0.4, -0.2) is 35.6 Å². The molecule has 1 N–H and O–H groups in total. The Morgan fingerprint density at radius 3 is 2.69 bits per heavy atom. The van der Waals surface area contributed by atoms with E-state index in [-0.39, 0.29) is 17.1 Å². The van der Waals surface area contributed by atoms with Crippen LogP contribution in [0.2, 0.25) is 0 Å². The summed E-state index contributed by atoms with van der Waals surface area (Å²) < 4.78 is 5.18. The first-order valence-electron chi connectivity index (χ1n) is 10.5. The number of nitrogens with zero attached hydrogens (tertiary/aromatic N) is 1. The molecule has 1 aliphatic rings. The fourth-order valence-electron chi connectivity index (χ4n) is 3.74. The maximum Gasteiger partial charge on any atom is 0.254 e. The number of anilines is 1. The Bertz CT molecular complexity index is 1120. The summed E-state index contributed by atoms with van der Waals surface area (Å²) in [6.45, 7) is 5.13. The second kappa shape index (κ2) is 9.79. The quantitative estimate of drug-likeness (QED) is 0.495. The average Bonchev–Trinajstić information content (AvgIpc) is 3.28. The molecular formula is C25H26N2O3S2. The van der Waals surface area contributed by atoms with Crippen molar-refractivity contribution in [3.63, 3.8) is 0 Å². The highest BCUT2D eigenvalue weighted by atomic mass is 32.2. The van der Waals surface area contributed by atoms with E-state index in [1.807, 2.05) is 61.2 Å². The first-order valence-corrected chi connectivity index (χ1v) is 12.3. The van der Waals surface area contributed by atoms with E-state index in [9.17, 15) is 9.59 Å². The van der Waals surface area contributed by atoms with Gasteiger partial charge in [-0.25, -0.2) is 0 Å². The van der Waals surface area contributed by atoms with E-state index in [1.165, 1.54) is 22.2 Å². The number of hydrogen-bond donors (Lipinski definition) is 1. The van der Waals surface area contributed by atoms with Crippen LogP contribution < -0.4 is 10.1 Å². The van der Waals surface area contributed by atoms with E-state index in [0.29, 0.717) is 17.8 Å². The maximum atomic E-state index is 13.2. The minimum Gasteiger partial charge on any atom is -0.497 e. The Morgan fingerprint density at radius 1 is 1.16 bits per heavy atom. The SMILES string of the molecule is COc1ccc(SC(C)C(=O)Nc2cccc(C(=O)N3CCc4sccc4C3)c2C)cc1. The van der Waals surface area contributed by atoms with Crippen LogP contribution in [0.25, 0.3) is 0 Å². The molecule has 32 heavy (non-hydrogen) atoms. The number of carbonyl (C=O) groups is 2. The Morgan fingerprint density at radius 2 is 1.94 bits per heavy atom. The lowest BCUT2D eigenvalue weighted by Crippen LogP contribution is -2.35. The number of thioether (sulfide) groups is 1. The van der Waals surface area contributed by atoms with Gasteiger partial charge in [-0.15, -0.1) is 23.1 Å². The molecule has 1 atom stereocenters. The first-order chi connectivity index (χ1) is 15.5. The van der Waals surface area contributed by atoms with E-state index in [4.69, 9.17) is 4.74 Å². The summed E-state index contributed by atoms with van der Waals surface area (Å²) in [4.78, 5) is 30.3. The van der Waals surface area contributed by atoms with Gasteiger partial charge in [0.2, 0.25) is 5.91 Å². The molecule has 4 rings (SSSR count). The molecule has 2 heterocycles. The van der Waals surface area contributed by atoms with Crippen LogP contribution in [0.15, 0.2) is 58.8 Å². The Kier molecular flexibility index (Phi) is 6.86. The van der Waals surface area contributed by atoms with Gasteiger partial charge in [0, 0.05) is 34.1 Å². The van der Waals surface area contributed by atoms with Crippen molar-refractivity contribution in [2.45, 2.75) is 37.0 Å². The number of nitrogens with one attached hydrogen (secondary N) is 1. The number of methoxy groups -OCH3 is 1. The van der Waals surface area contributed by atoms with Gasteiger partial charge in [0.25, 0.3) is 5.91 Å². The summed E-state index contributed by atoms with van der Waals surface area (Å²) in [5, 5.41) is 4.81. The molecule has 2 amide bonds. The predicted octanol–water partition coefficient (Wildman–Crippen LogP) is 5.38. The number of fused-ring (bicyclic) bond motifs is 1. The molecule has 1 aromatic heterocycles. The molecule has 0 saturated carbocycles. The zero-order valence-electron chi connectivity index (χ0n) is 18.4. The number of benzene rings is 2. The molecule has 0 saturated heterocycles. The number of rotatable bonds is 6. The fraction of sp³-hybridized carbons (Fsp3) is 0.280. The highest BCUT2D eigenvalue weighted by Gasteiger charge is 2.24. The molecule has 1 unspecified atom stereocenters. The van der Waals surface area contributed by atoms with Crippen molar-refractivity contribution in [3.05, 3.63) is 75.5 Å². The number of thiophene rings is 1. The second-order valence-corrected chi connectivity index (χ2v) is 10.2. The van der Waals surface area contributed by atoms with Gasteiger partial charge in [0.05, 0.1) is 12.4 Å². The van der Waals surface area contributed by atoms with Crippen LogP contribution in [-0.2, 0) is 17.8 Å². The van der Waals surface area contributed by atoms with E-state index in [1.54, 1.807) is 18.4 Å². The largest absolute Gasteiger partial charge is 0.497 e. The van der Waals surface area contributed by atoms with E-state index in [0.717, 1.165) is 29.2 Å². The van der Waals surface area contributed by atoms with Crippen LogP contribution >= 0.6 is 23.1 Å². The predicted molar refractivity (Wildman–Crippen MR) is 131 cm³/mol. The average molecular weight is 467 g/mol.